The molecule has 0 bridgehead atoms. The van der Waals surface area contributed by atoms with E-state index in [2.05, 4.69) is 21.3 Å². The summed E-state index contributed by atoms with van der Waals surface area (Å²) < 4.78 is 16.4. The molecule has 12 nitrogen and oxygen atoms in total. The van der Waals surface area contributed by atoms with Gasteiger partial charge in [-0.15, -0.1) is 0 Å². The van der Waals surface area contributed by atoms with Crippen molar-refractivity contribution in [2.45, 2.75) is 149 Å². The fourth-order valence-electron chi connectivity index (χ4n) is 6.48. The number of amides is 4. The first-order valence-corrected chi connectivity index (χ1v) is 18.5. The normalized spacial score (nSPS) is 20.4. The van der Waals surface area contributed by atoms with Crippen molar-refractivity contribution in [3.05, 3.63) is 35.9 Å². The second-order valence-electron chi connectivity index (χ2n) is 15.0. The first kappa shape index (κ1) is 40.6. The molecule has 1 aliphatic heterocycles. The van der Waals surface area contributed by atoms with Crippen LogP contribution in [0.1, 0.15) is 118 Å². The highest BCUT2D eigenvalue weighted by Crippen LogP contribution is 2.32. The van der Waals surface area contributed by atoms with E-state index in [4.69, 9.17) is 14.2 Å². The van der Waals surface area contributed by atoms with E-state index in [1.54, 1.807) is 20.8 Å². The molecule has 50 heavy (non-hydrogen) atoms. The maximum absolute atomic E-state index is 14.0. The number of nitrogens with one attached hydrogen (secondary N) is 4. The van der Waals surface area contributed by atoms with Crippen LogP contribution in [0.3, 0.4) is 0 Å². The summed E-state index contributed by atoms with van der Waals surface area (Å²) in [6.07, 6.45) is 7.12. The topological polar surface area (TPSA) is 161 Å². The largest absolute Gasteiger partial charge is 0.460 e. The van der Waals surface area contributed by atoms with Gasteiger partial charge in [0.05, 0.1) is 12.0 Å². The van der Waals surface area contributed by atoms with E-state index in [9.17, 15) is 24.0 Å². The minimum Gasteiger partial charge on any atom is -0.460 e. The first-order chi connectivity index (χ1) is 23.8. The van der Waals surface area contributed by atoms with Crippen molar-refractivity contribution >= 4 is 30.0 Å². The van der Waals surface area contributed by atoms with Gasteiger partial charge in [-0.25, -0.2) is 9.59 Å². The number of benzene rings is 1. The SMILES string of the molecule is CC[C@H](C)[C@H](NC(=O)[C@H](CCCCNC(=O)OCc1ccccc1)NC(=O)OC(C)(C)C)C(=O)N[C@@H](CC1CCCCC1)[C@@H]1C[C@@H](C)C(=O)O1. The minimum absolute atomic E-state index is 0.159. The molecule has 1 aromatic rings. The molecule has 1 saturated heterocycles. The van der Waals surface area contributed by atoms with Gasteiger partial charge in [-0.3, -0.25) is 14.4 Å². The van der Waals surface area contributed by atoms with Gasteiger partial charge in [-0.05, 0) is 70.3 Å². The van der Waals surface area contributed by atoms with E-state index in [0.29, 0.717) is 44.6 Å². The molecule has 12 heteroatoms. The number of cyclic esters (lactones) is 1. The molecule has 0 unspecified atom stereocenters. The lowest BCUT2D eigenvalue weighted by Crippen LogP contribution is -2.58. The maximum atomic E-state index is 14.0. The molecule has 3 rings (SSSR count). The second-order valence-corrected chi connectivity index (χ2v) is 15.0. The molecule has 6 atom stereocenters. The third kappa shape index (κ3) is 14.2. The Morgan fingerprint density at radius 2 is 1.64 bits per heavy atom. The number of hydrogen-bond donors (Lipinski definition) is 4. The van der Waals surface area contributed by atoms with Crippen molar-refractivity contribution in [3.63, 3.8) is 0 Å². The number of hydrogen-bond acceptors (Lipinski definition) is 8. The van der Waals surface area contributed by atoms with Crippen molar-refractivity contribution < 1.29 is 38.2 Å². The number of carbonyl (C=O) groups excluding carboxylic acids is 5. The molecule has 0 radical (unpaired) electrons. The molecule has 1 aliphatic carbocycles. The fraction of sp³-hybridized carbons (Fsp3) is 0.711. The van der Waals surface area contributed by atoms with Crippen LogP contribution in [0.4, 0.5) is 9.59 Å². The Balaban J connectivity index is 1.63. The zero-order valence-corrected chi connectivity index (χ0v) is 30.9. The molecular formula is C38H60N4O8. The quantitative estimate of drug-likeness (QED) is 0.0886. The van der Waals surface area contributed by atoms with E-state index in [-0.39, 0.29) is 42.8 Å². The molecule has 280 valence electrons. The van der Waals surface area contributed by atoms with Crippen molar-refractivity contribution in [2.24, 2.45) is 17.8 Å². The molecule has 2 aliphatic rings. The molecule has 2 fully saturated rings. The average Bonchev–Trinajstić information content (AvgIpc) is 3.42. The summed E-state index contributed by atoms with van der Waals surface area (Å²) in [4.78, 5) is 65.0. The van der Waals surface area contributed by atoms with Crippen LogP contribution in [0.15, 0.2) is 30.3 Å². The summed E-state index contributed by atoms with van der Waals surface area (Å²) in [5.74, 6) is -1.10. The summed E-state index contributed by atoms with van der Waals surface area (Å²) in [5.41, 5.74) is 0.105. The van der Waals surface area contributed by atoms with Crippen LogP contribution < -0.4 is 21.3 Å². The van der Waals surface area contributed by atoms with Gasteiger partial charge in [-0.1, -0.05) is 89.6 Å². The lowest BCUT2D eigenvalue weighted by Gasteiger charge is -2.33. The standard InChI is InChI=1S/C38H60N4O8/c1-7-25(2)32(34(44)40-30(23-27-16-10-8-11-17-27)31-22-26(3)35(45)49-31)42-33(43)29(41-37(47)50-38(4,5)6)20-14-15-21-39-36(46)48-24-28-18-12-9-13-19-28/h9,12-13,18-19,25-27,29-32H,7-8,10-11,14-17,20-24H2,1-6H3,(H,39,46)(H,40,44)(H,41,47)(H,42,43)/t25-,26+,29-,30-,31-,32-/m0/s1. The van der Waals surface area contributed by atoms with E-state index >= 15 is 0 Å². The van der Waals surface area contributed by atoms with Crippen LogP contribution in [0.25, 0.3) is 0 Å². The van der Waals surface area contributed by atoms with E-state index in [1.807, 2.05) is 51.1 Å². The highest BCUT2D eigenvalue weighted by molar-refractivity contribution is 5.91. The van der Waals surface area contributed by atoms with Crippen molar-refractivity contribution in [1.29, 1.82) is 0 Å². The first-order valence-electron chi connectivity index (χ1n) is 18.5. The van der Waals surface area contributed by atoms with Gasteiger partial charge < -0.3 is 35.5 Å². The number of ether oxygens (including phenoxy) is 3. The van der Waals surface area contributed by atoms with Crippen LogP contribution in [0.2, 0.25) is 0 Å². The van der Waals surface area contributed by atoms with Gasteiger partial charge in [0.2, 0.25) is 11.8 Å². The Hall–Kier alpha value is -3.83. The number of unbranched alkanes of at least 4 members (excludes halogenated alkanes) is 1. The van der Waals surface area contributed by atoms with Crippen LogP contribution in [0.5, 0.6) is 0 Å². The third-order valence-electron chi connectivity index (χ3n) is 9.55. The Morgan fingerprint density at radius 3 is 2.26 bits per heavy atom. The van der Waals surface area contributed by atoms with Gasteiger partial charge in [-0.2, -0.15) is 0 Å². The number of rotatable bonds is 17. The number of esters is 1. The number of carbonyl (C=O) groups is 5. The van der Waals surface area contributed by atoms with E-state index in [0.717, 1.165) is 31.2 Å². The second kappa shape index (κ2) is 20.1. The predicted molar refractivity (Wildman–Crippen MR) is 190 cm³/mol. The van der Waals surface area contributed by atoms with Crippen LogP contribution in [-0.2, 0) is 35.2 Å². The third-order valence-corrected chi connectivity index (χ3v) is 9.55. The molecular weight excluding hydrogens is 640 g/mol. The fourth-order valence-corrected chi connectivity index (χ4v) is 6.48. The molecule has 4 amide bonds. The van der Waals surface area contributed by atoms with Gasteiger partial charge in [0.15, 0.2) is 0 Å². The Labute approximate surface area is 297 Å². The van der Waals surface area contributed by atoms with Crippen molar-refractivity contribution in [1.82, 2.24) is 21.3 Å². The van der Waals surface area contributed by atoms with Gasteiger partial charge in [0.25, 0.3) is 0 Å². The zero-order valence-electron chi connectivity index (χ0n) is 30.9. The summed E-state index contributed by atoms with van der Waals surface area (Å²) in [6.45, 7) is 11.4. The van der Waals surface area contributed by atoms with Crippen LogP contribution in [-0.4, -0.2) is 66.3 Å². The Kier molecular flexibility index (Phi) is 16.3. The summed E-state index contributed by atoms with van der Waals surface area (Å²) in [5, 5.41) is 11.5. The Morgan fingerprint density at radius 1 is 0.940 bits per heavy atom. The lowest BCUT2D eigenvalue weighted by atomic mass is 9.83. The molecule has 0 aromatic heterocycles. The average molecular weight is 701 g/mol. The highest BCUT2D eigenvalue weighted by atomic mass is 16.6. The Bertz CT molecular complexity index is 1250. The highest BCUT2D eigenvalue weighted by Gasteiger charge is 2.40. The van der Waals surface area contributed by atoms with Crippen molar-refractivity contribution in [2.75, 3.05) is 6.54 Å². The molecule has 4 N–H and O–H groups in total. The number of alkyl carbamates (subject to hydrolysis) is 2. The molecule has 1 saturated carbocycles. The van der Waals surface area contributed by atoms with Gasteiger partial charge in [0.1, 0.15) is 30.4 Å². The van der Waals surface area contributed by atoms with Crippen LogP contribution in [0, 0.1) is 17.8 Å². The van der Waals surface area contributed by atoms with Crippen LogP contribution >= 0.6 is 0 Å². The monoisotopic (exact) mass is 700 g/mol. The molecule has 1 heterocycles. The molecule has 1 aromatic carbocycles. The predicted octanol–water partition coefficient (Wildman–Crippen LogP) is 5.91. The van der Waals surface area contributed by atoms with E-state index in [1.165, 1.54) is 6.42 Å². The smallest absolute Gasteiger partial charge is 0.408 e. The summed E-state index contributed by atoms with van der Waals surface area (Å²) >= 11 is 0. The van der Waals surface area contributed by atoms with Gasteiger partial charge in [0, 0.05) is 6.54 Å². The maximum Gasteiger partial charge on any atom is 0.408 e. The minimum atomic E-state index is -0.982. The summed E-state index contributed by atoms with van der Waals surface area (Å²) in [7, 11) is 0. The van der Waals surface area contributed by atoms with E-state index < -0.39 is 41.9 Å². The van der Waals surface area contributed by atoms with Gasteiger partial charge >= 0.3 is 18.2 Å². The summed E-state index contributed by atoms with van der Waals surface area (Å²) in [6, 6.07) is 7.15. The van der Waals surface area contributed by atoms with Crippen molar-refractivity contribution in [3.8, 4) is 0 Å². The zero-order chi connectivity index (χ0) is 36.7. The molecule has 0 spiro atoms. The lowest BCUT2D eigenvalue weighted by molar-refractivity contribution is -0.146.